The Morgan fingerprint density at radius 2 is 1.76 bits per heavy atom. The second kappa shape index (κ2) is 12.1. The molecule has 9 heteroatoms. The van der Waals surface area contributed by atoms with Gasteiger partial charge >= 0.3 is 0 Å². The monoisotopic (exact) mass is 618 g/mol. The summed E-state index contributed by atoms with van der Waals surface area (Å²) in [7, 11) is 3.13. The summed E-state index contributed by atoms with van der Waals surface area (Å²) in [6.45, 7) is 10.4. The zero-order valence-corrected chi connectivity index (χ0v) is 26.7. The molecule has 45 heavy (non-hydrogen) atoms. The number of fused-ring (bicyclic) bond motifs is 2. The van der Waals surface area contributed by atoms with E-state index in [1.165, 1.54) is 11.3 Å². The predicted molar refractivity (Wildman–Crippen MR) is 180 cm³/mol. The summed E-state index contributed by atoms with van der Waals surface area (Å²) in [4.78, 5) is 33.8. The fourth-order valence-corrected chi connectivity index (χ4v) is 7.02. The Morgan fingerprint density at radius 1 is 1.02 bits per heavy atom. The summed E-state index contributed by atoms with van der Waals surface area (Å²) < 4.78 is 15.4. The molecule has 228 valence electrons. The molecule has 6 rings (SSSR count). The van der Waals surface area contributed by atoms with Crippen LogP contribution >= 0.6 is 11.3 Å². The van der Waals surface area contributed by atoms with Gasteiger partial charge in [-0.3, -0.25) is 14.2 Å². The Morgan fingerprint density at radius 3 is 2.49 bits per heavy atom. The molecular weight excluding hydrogens is 584 g/mol. The van der Waals surface area contributed by atoms with Crippen molar-refractivity contribution < 1.29 is 14.3 Å². The topological polar surface area (TPSA) is 86.8 Å². The lowest BCUT2D eigenvalue weighted by Gasteiger charge is -2.26. The summed E-state index contributed by atoms with van der Waals surface area (Å²) in [6, 6.07) is 20.4. The first-order chi connectivity index (χ1) is 21.8. The van der Waals surface area contributed by atoms with Crippen molar-refractivity contribution in [3.05, 3.63) is 133 Å². The highest BCUT2D eigenvalue weighted by Gasteiger charge is 2.33. The fraction of sp³-hybridized carbons (Fsp3) is 0.194. The highest BCUT2D eigenvalue weighted by Crippen LogP contribution is 2.36. The van der Waals surface area contributed by atoms with E-state index in [-0.39, 0.29) is 11.5 Å². The van der Waals surface area contributed by atoms with Crippen molar-refractivity contribution in [3.8, 4) is 11.5 Å². The minimum absolute atomic E-state index is 0.229. The van der Waals surface area contributed by atoms with Crippen LogP contribution < -0.4 is 29.7 Å². The van der Waals surface area contributed by atoms with Gasteiger partial charge in [0.2, 0.25) is 0 Å². The Hall–Kier alpha value is -5.15. The lowest BCUT2D eigenvalue weighted by atomic mass is 9.94. The number of allylic oxidation sites excluding steroid dienone is 2. The third-order valence-electron chi connectivity index (χ3n) is 8.25. The third kappa shape index (κ3) is 5.19. The lowest BCUT2D eigenvalue weighted by Crippen LogP contribution is -2.40. The van der Waals surface area contributed by atoms with Gasteiger partial charge in [0.1, 0.15) is 0 Å². The number of aryl methyl sites for hydroxylation is 1. The number of benzene rings is 3. The van der Waals surface area contributed by atoms with E-state index in [0.717, 1.165) is 27.7 Å². The van der Waals surface area contributed by atoms with Crippen LogP contribution in [0.25, 0.3) is 17.0 Å². The van der Waals surface area contributed by atoms with E-state index in [2.05, 4.69) is 35.5 Å². The predicted octanol–water partition coefficient (Wildman–Crippen LogP) is 5.65. The molecule has 0 radical (unpaired) electrons. The van der Waals surface area contributed by atoms with Gasteiger partial charge < -0.3 is 19.4 Å². The molecule has 2 aromatic heterocycles. The Balaban J connectivity index is 1.57. The van der Waals surface area contributed by atoms with Crippen LogP contribution in [0.4, 0.5) is 5.69 Å². The summed E-state index contributed by atoms with van der Waals surface area (Å²) in [5.41, 5.74) is 6.07. The Labute approximate surface area is 264 Å². The third-order valence-corrected chi connectivity index (χ3v) is 9.23. The van der Waals surface area contributed by atoms with Crippen molar-refractivity contribution in [1.82, 2.24) is 9.13 Å². The summed E-state index contributed by atoms with van der Waals surface area (Å²) in [5, 5.41) is 4.11. The maximum atomic E-state index is 14.4. The zero-order valence-electron chi connectivity index (χ0n) is 25.9. The maximum absolute atomic E-state index is 14.4. The van der Waals surface area contributed by atoms with Crippen LogP contribution in [0, 0.1) is 13.8 Å². The molecule has 1 atom stereocenters. The van der Waals surface area contributed by atoms with Gasteiger partial charge in [-0.1, -0.05) is 59.9 Å². The van der Waals surface area contributed by atoms with E-state index in [0.29, 0.717) is 49.9 Å². The number of para-hydroxylation sites is 2. The first-order valence-corrected chi connectivity index (χ1v) is 15.4. The molecule has 3 aromatic carbocycles. The minimum Gasteiger partial charge on any atom is -0.493 e. The number of thiazole rings is 1. The Bertz CT molecular complexity index is 2200. The normalized spacial score (nSPS) is 14.7. The van der Waals surface area contributed by atoms with Crippen molar-refractivity contribution in [3.63, 3.8) is 0 Å². The molecule has 3 heterocycles. The van der Waals surface area contributed by atoms with E-state index < -0.39 is 6.04 Å². The molecule has 5 aromatic rings. The van der Waals surface area contributed by atoms with Crippen LogP contribution in [0.2, 0.25) is 0 Å². The molecule has 0 saturated carbocycles. The smallest absolute Gasteiger partial charge is 0.271 e. The van der Waals surface area contributed by atoms with Crippen molar-refractivity contribution in [2.24, 2.45) is 4.99 Å². The number of amides is 1. The van der Waals surface area contributed by atoms with Gasteiger partial charge in [0, 0.05) is 34.4 Å². The van der Waals surface area contributed by atoms with E-state index in [1.54, 1.807) is 24.9 Å². The second-order valence-corrected chi connectivity index (χ2v) is 11.9. The summed E-state index contributed by atoms with van der Waals surface area (Å²) >= 11 is 1.31. The van der Waals surface area contributed by atoms with Crippen LogP contribution in [-0.4, -0.2) is 29.3 Å². The first-order valence-electron chi connectivity index (χ1n) is 14.6. The standard InChI is InChI=1S/C36H34N4O4S/c1-7-18-39-23(4)26(25-13-9-11-15-28(25)39)20-31-35(42)40-33(24-16-17-29(43-5)30(19-24)44-6)32(22(3)37-36(40)45-31)34(41)38-27-14-10-8-12-21(27)2/h7-17,19-20,33H,1,18H2,2-6H3,(H,38,41)/b31-20-/t33-/m0/s1. The van der Waals surface area contributed by atoms with E-state index in [4.69, 9.17) is 14.5 Å². The highest BCUT2D eigenvalue weighted by molar-refractivity contribution is 7.07. The summed E-state index contributed by atoms with van der Waals surface area (Å²) in [5.74, 6) is 0.714. The maximum Gasteiger partial charge on any atom is 0.271 e. The number of aromatic nitrogens is 2. The molecule has 8 nitrogen and oxygen atoms in total. The fourth-order valence-electron chi connectivity index (χ4n) is 5.99. The highest BCUT2D eigenvalue weighted by atomic mass is 32.1. The van der Waals surface area contributed by atoms with Gasteiger partial charge in [-0.05, 0) is 62.2 Å². The average molecular weight is 619 g/mol. The number of rotatable bonds is 8. The molecular formula is C36H34N4O4S. The molecule has 0 saturated heterocycles. The molecule has 1 aliphatic rings. The number of nitrogens with one attached hydrogen (secondary N) is 1. The molecule has 1 aliphatic heterocycles. The molecule has 0 aliphatic carbocycles. The van der Waals surface area contributed by atoms with Crippen LogP contribution in [0.5, 0.6) is 11.5 Å². The minimum atomic E-state index is -0.754. The molecule has 0 bridgehead atoms. The van der Waals surface area contributed by atoms with Crippen molar-refractivity contribution in [1.29, 1.82) is 0 Å². The number of nitrogens with zero attached hydrogens (tertiary/aromatic N) is 3. The van der Waals surface area contributed by atoms with Crippen molar-refractivity contribution in [2.45, 2.75) is 33.4 Å². The van der Waals surface area contributed by atoms with Crippen molar-refractivity contribution in [2.75, 3.05) is 19.5 Å². The van der Waals surface area contributed by atoms with Crippen LogP contribution in [0.15, 0.2) is 100 Å². The number of carbonyl (C=O) groups excluding carboxylic acids is 1. The summed E-state index contributed by atoms with van der Waals surface area (Å²) in [6.07, 6.45) is 3.81. The van der Waals surface area contributed by atoms with Crippen LogP contribution in [0.3, 0.4) is 0 Å². The molecule has 0 fully saturated rings. The number of carbonyl (C=O) groups is 1. The van der Waals surface area contributed by atoms with E-state index in [9.17, 15) is 9.59 Å². The molecule has 1 N–H and O–H groups in total. The second-order valence-electron chi connectivity index (χ2n) is 10.9. The number of ether oxygens (including phenoxy) is 2. The van der Waals surface area contributed by atoms with E-state index in [1.807, 2.05) is 74.5 Å². The Kier molecular flexibility index (Phi) is 8.03. The number of hydrogen-bond donors (Lipinski definition) is 1. The number of hydrogen-bond acceptors (Lipinski definition) is 6. The van der Waals surface area contributed by atoms with Gasteiger partial charge in [-0.25, -0.2) is 4.99 Å². The van der Waals surface area contributed by atoms with Gasteiger partial charge in [0.15, 0.2) is 16.3 Å². The van der Waals surface area contributed by atoms with Gasteiger partial charge in [-0.15, -0.1) is 6.58 Å². The van der Waals surface area contributed by atoms with Gasteiger partial charge in [0.05, 0.1) is 36.1 Å². The SMILES string of the molecule is C=CCn1c(C)c(/C=c2\sc3n(c2=O)[C@@H](c2ccc(OC)c(OC)c2)C(C(=O)Nc2ccccc2C)=C(C)N=3)c2ccccc21. The zero-order chi connectivity index (χ0) is 31.8. The molecule has 0 unspecified atom stereocenters. The largest absolute Gasteiger partial charge is 0.493 e. The lowest BCUT2D eigenvalue weighted by molar-refractivity contribution is -0.113. The van der Waals surface area contributed by atoms with Crippen LogP contribution in [0.1, 0.15) is 35.3 Å². The first kappa shape index (κ1) is 29.9. The van der Waals surface area contributed by atoms with Gasteiger partial charge in [0.25, 0.3) is 11.5 Å². The number of methoxy groups -OCH3 is 2. The van der Waals surface area contributed by atoms with Gasteiger partial charge in [-0.2, -0.15) is 0 Å². The molecule has 1 amide bonds. The molecule has 0 spiro atoms. The van der Waals surface area contributed by atoms with E-state index >= 15 is 0 Å². The quantitative estimate of drug-likeness (QED) is 0.228. The average Bonchev–Trinajstić information content (AvgIpc) is 3.49. The van der Waals surface area contributed by atoms with Crippen LogP contribution in [-0.2, 0) is 11.3 Å². The van der Waals surface area contributed by atoms with Crippen molar-refractivity contribution >= 4 is 39.9 Å². The number of anilines is 1.